The summed E-state index contributed by atoms with van der Waals surface area (Å²) in [5, 5.41) is 15.8. The van der Waals surface area contributed by atoms with Gasteiger partial charge in [-0.1, -0.05) is 29.3 Å². The average Bonchev–Trinajstić information content (AvgIpc) is 2.83. The second-order valence-electron chi connectivity index (χ2n) is 6.91. The molecule has 3 atom stereocenters. The number of fused-ring (bicyclic) bond motifs is 1. The Morgan fingerprint density at radius 3 is 3.00 bits per heavy atom. The summed E-state index contributed by atoms with van der Waals surface area (Å²) in [7, 11) is 0. The number of hydrogen-bond donors (Lipinski definition) is 2. The van der Waals surface area contributed by atoms with Gasteiger partial charge in [-0.25, -0.2) is 0 Å². The van der Waals surface area contributed by atoms with Crippen LogP contribution < -0.4 is 15.9 Å². The molecule has 2 heterocycles. The molecule has 5 nitrogen and oxygen atoms in total. The minimum atomic E-state index is -0.312. The van der Waals surface area contributed by atoms with Gasteiger partial charge in [0, 0.05) is 48.6 Å². The highest BCUT2D eigenvalue weighted by atomic mass is 79.9. The van der Waals surface area contributed by atoms with Gasteiger partial charge >= 0.3 is 0 Å². The number of β-amino-alcohol motifs (C(OH)–C–C–N with tert-alkyl or cyclic N) is 1. The van der Waals surface area contributed by atoms with Gasteiger partial charge in [0.1, 0.15) is 6.17 Å². The zero-order valence-corrected chi connectivity index (χ0v) is 16.7. The van der Waals surface area contributed by atoms with Crippen LogP contribution in [0, 0.1) is 0 Å². The lowest BCUT2D eigenvalue weighted by Crippen LogP contribution is -2.55. The van der Waals surface area contributed by atoms with E-state index in [4.69, 9.17) is 4.99 Å². The van der Waals surface area contributed by atoms with Crippen molar-refractivity contribution in [3.05, 3.63) is 33.2 Å². The highest BCUT2D eigenvalue weighted by Gasteiger charge is 2.32. The van der Waals surface area contributed by atoms with E-state index < -0.39 is 0 Å². The number of rotatable bonds is 5. The van der Waals surface area contributed by atoms with E-state index in [0.717, 1.165) is 42.3 Å². The van der Waals surface area contributed by atoms with Crippen LogP contribution in [0.15, 0.2) is 27.7 Å². The van der Waals surface area contributed by atoms with Crippen molar-refractivity contribution in [2.75, 3.05) is 32.7 Å². The van der Waals surface area contributed by atoms with Crippen LogP contribution in [0.5, 0.6) is 0 Å². The molecule has 0 spiro atoms. The molecule has 0 bridgehead atoms. The Morgan fingerprint density at radius 1 is 1.40 bits per heavy atom. The van der Waals surface area contributed by atoms with E-state index in [9.17, 15) is 5.11 Å². The lowest BCUT2D eigenvalue weighted by molar-refractivity contribution is 0.0674. The van der Waals surface area contributed by atoms with Gasteiger partial charge in [0.05, 0.1) is 17.5 Å². The van der Waals surface area contributed by atoms with E-state index >= 15 is 0 Å². The Balaban J connectivity index is 1.95. The molecular weight excluding hydrogens is 380 g/mol. The first-order valence-electron chi connectivity index (χ1n) is 9.36. The average molecular weight is 409 g/mol. The number of aliphatic hydroxyl groups excluding tert-OH is 1. The van der Waals surface area contributed by atoms with Crippen molar-refractivity contribution in [2.45, 2.75) is 45.0 Å². The van der Waals surface area contributed by atoms with Crippen LogP contribution in [0.3, 0.4) is 0 Å². The zero-order valence-electron chi connectivity index (χ0n) is 15.2. The lowest BCUT2D eigenvalue weighted by atomic mass is 10.0. The highest BCUT2D eigenvalue weighted by molar-refractivity contribution is 9.10. The van der Waals surface area contributed by atoms with Crippen molar-refractivity contribution in [2.24, 2.45) is 4.99 Å². The molecule has 2 aliphatic rings. The van der Waals surface area contributed by atoms with Gasteiger partial charge in [-0.05, 0) is 31.5 Å². The van der Waals surface area contributed by atoms with Crippen molar-refractivity contribution in [1.82, 2.24) is 15.1 Å². The van der Waals surface area contributed by atoms with Crippen LogP contribution in [0.1, 0.15) is 26.7 Å². The Bertz CT molecular complexity index is 695. The van der Waals surface area contributed by atoms with E-state index in [1.165, 1.54) is 5.22 Å². The van der Waals surface area contributed by atoms with Gasteiger partial charge in [0.2, 0.25) is 0 Å². The number of halogens is 1. The minimum absolute atomic E-state index is 0.101. The fourth-order valence-electron chi connectivity index (χ4n) is 3.84. The summed E-state index contributed by atoms with van der Waals surface area (Å²) in [5.74, 6) is 0. The first kappa shape index (κ1) is 18.8. The second kappa shape index (κ2) is 8.62. The van der Waals surface area contributed by atoms with Gasteiger partial charge < -0.3 is 15.3 Å². The molecule has 0 radical (unpaired) electrons. The predicted molar refractivity (Wildman–Crippen MR) is 105 cm³/mol. The van der Waals surface area contributed by atoms with E-state index in [-0.39, 0.29) is 12.3 Å². The fraction of sp³-hybridized carbons (Fsp3) is 0.632. The second-order valence-corrected chi connectivity index (χ2v) is 7.83. The molecule has 1 aromatic carbocycles. The van der Waals surface area contributed by atoms with Crippen LogP contribution >= 0.6 is 15.9 Å². The minimum Gasteiger partial charge on any atom is -0.390 e. The maximum absolute atomic E-state index is 10.2. The van der Waals surface area contributed by atoms with Crippen molar-refractivity contribution in [3.8, 4) is 0 Å². The molecule has 3 rings (SSSR count). The van der Waals surface area contributed by atoms with Crippen molar-refractivity contribution >= 4 is 22.1 Å². The van der Waals surface area contributed by atoms with Crippen molar-refractivity contribution in [3.63, 3.8) is 0 Å². The summed E-state index contributed by atoms with van der Waals surface area (Å²) in [6, 6.07) is 6.60. The third-order valence-corrected chi connectivity index (χ3v) is 5.56. The third kappa shape index (κ3) is 4.42. The molecule has 1 fully saturated rings. The quantitative estimate of drug-likeness (QED) is 0.759. The van der Waals surface area contributed by atoms with Crippen molar-refractivity contribution in [1.29, 1.82) is 0 Å². The maximum atomic E-state index is 10.2. The topological polar surface area (TPSA) is 51.1 Å². The van der Waals surface area contributed by atoms with Gasteiger partial charge in [0.15, 0.2) is 0 Å². The third-order valence-electron chi connectivity index (χ3n) is 5.07. The van der Waals surface area contributed by atoms with Gasteiger partial charge in [-0.2, -0.15) is 0 Å². The number of nitrogens with one attached hydrogen (secondary N) is 1. The molecule has 2 N–H and O–H groups in total. The summed E-state index contributed by atoms with van der Waals surface area (Å²) in [6.45, 7) is 8.61. The predicted octanol–water partition coefficient (Wildman–Crippen LogP) is 0.903. The summed E-state index contributed by atoms with van der Waals surface area (Å²) in [4.78, 5) is 9.90. The standard InChI is InChI=1S/C19H29BrN4O/c1-3-5-18(24-9-8-21-11-16(25)13-24)19-22-17-7-6-15(20)10-14(17)12-23(19)4-2/h6-7,10,12,16,18-19,21,25H,3-5,8-9,11,13H2,1-2H3/t16-,18+,19?/m0/s1. The van der Waals surface area contributed by atoms with Crippen LogP contribution in [-0.2, 0) is 0 Å². The number of likely N-dealkylation sites (N-methyl/N-ethyl adjacent to an activating group) is 1. The first-order valence-corrected chi connectivity index (χ1v) is 10.2. The highest BCUT2D eigenvalue weighted by Crippen LogP contribution is 2.20. The summed E-state index contributed by atoms with van der Waals surface area (Å²) >= 11 is 3.56. The fourth-order valence-corrected chi connectivity index (χ4v) is 4.22. The number of aliphatic hydroxyl groups is 1. The normalized spacial score (nSPS) is 25.5. The largest absolute Gasteiger partial charge is 0.390 e. The molecule has 138 valence electrons. The van der Waals surface area contributed by atoms with Crippen LogP contribution in [-0.4, -0.2) is 65.9 Å². The molecule has 6 heteroatoms. The van der Waals surface area contributed by atoms with E-state index in [1.807, 2.05) is 0 Å². The number of hydrogen-bond acceptors (Lipinski definition) is 5. The molecule has 0 aromatic heterocycles. The van der Waals surface area contributed by atoms with Gasteiger partial charge in [-0.15, -0.1) is 0 Å². The van der Waals surface area contributed by atoms with Crippen LogP contribution in [0.2, 0.25) is 0 Å². The monoisotopic (exact) mass is 408 g/mol. The van der Waals surface area contributed by atoms with Crippen LogP contribution in [0.25, 0.3) is 6.20 Å². The molecule has 1 aromatic rings. The molecule has 1 unspecified atom stereocenters. The van der Waals surface area contributed by atoms with Gasteiger partial charge in [-0.3, -0.25) is 9.89 Å². The SMILES string of the molecule is CCC[C@H](C1N=c2ccc(Br)cc2=CN1CC)N1CCNC[C@H](O)C1. The Hall–Kier alpha value is -0.950. The van der Waals surface area contributed by atoms with Crippen molar-refractivity contribution < 1.29 is 5.11 Å². The number of nitrogens with zero attached hydrogens (tertiary/aromatic N) is 3. The molecular formula is C19H29BrN4O. The molecule has 1 saturated heterocycles. The van der Waals surface area contributed by atoms with Gasteiger partial charge in [0.25, 0.3) is 0 Å². The molecule has 2 aliphatic heterocycles. The maximum Gasteiger partial charge on any atom is 0.137 e. The smallest absolute Gasteiger partial charge is 0.137 e. The van der Waals surface area contributed by atoms with E-state index in [0.29, 0.717) is 19.1 Å². The van der Waals surface area contributed by atoms with E-state index in [2.05, 4.69) is 69.3 Å². The Kier molecular flexibility index (Phi) is 6.49. The Labute approximate surface area is 158 Å². The Morgan fingerprint density at radius 2 is 2.24 bits per heavy atom. The summed E-state index contributed by atoms with van der Waals surface area (Å²) < 4.78 is 1.08. The van der Waals surface area contributed by atoms with E-state index in [1.54, 1.807) is 0 Å². The van der Waals surface area contributed by atoms with Crippen LogP contribution in [0.4, 0.5) is 0 Å². The summed E-state index contributed by atoms with van der Waals surface area (Å²) in [6.07, 6.45) is 4.22. The summed E-state index contributed by atoms with van der Waals surface area (Å²) in [5.41, 5.74) is 0. The lowest BCUT2D eigenvalue weighted by Gasteiger charge is -2.41. The molecule has 0 saturated carbocycles. The number of benzene rings is 1. The molecule has 25 heavy (non-hydrogen) atoms. The molecule has 0 amide bonds. The first-order chi connectivity index (χ1) is 12.1. The zero-order chi connectivity index (χ0) is 17.8. The molecule has 0 aliphatic carbocycles.